The van der Waals surface area contributed by atoms with Gasteiger partial charge in [0.25, 0.3) is 10.0 Å². The summed E-state index contributed by atoms with van der Waals surface area (Å²) in [5.74, 6) is 0.0774. The van der Waals surface area contributed by atoms with Crippen molar-refractivity contribution >= 4 is 48.8 Å². The average molecular weight is 671 g/mol. The van der Waals surface area contributed by atoms with Crippen molar-refractivity contribution in [3.8, 4) is 5.75 Å². The van der Waals surface area contributed by atoms with Gasteiger partial charge >= 0.3 is 0 Å². The fraction of sp³-hybridized carbons (Fsp3) is 0.441. The number of carbonyl (C=O) groups excluding carboxylic acids is 1. The highest BCUT2D eigenvalue weighted by Gasteiger charge is 2.28. The number of hydrogen-bond acceptors (Lipinski definition) is 7. The predicted octanol–water partition coefficient (Wildman–Crippen LogP) is 6.96. The van der Waals surface area contributed by atoms with Crippen LogP contribution in [0.1, 0.15) is 96.8 Å². The molecule has 1 aliphatic carbocycles. The molecule has 250 valence electrons. The zero-order valence-electron chi connectivity index (χ0n) is 28.5. The van der Waals surface area contributed by atoms with Gasteiger partial charge in [0.2, 0.25) is 15.9 Å². The molecule has 2 aromatic rings. The number of benzene rings is 2. The highest BCUT2D eigenvalue weighted by molar-refractivity contribution is 7.92. The lowest BCUT2D eigenvalue weighted by atomic mass is 9.89. The largest absolute Gasteiger partial charge is 0.495 e. The maximum Gasteiger partial charge on any atom is 0.283 e. The smallest absolute Gasteiger partial charge is 0.283 e. The summed E-state index contributed by atoms with van der Waals surface area (Å²) >= 11 is 0. The summed E-state index contributed by atoms with van der Waals surface area (Å²) < 4.78 is 63.9. The van der Waals surface area contributed by atoms with Gasteiger partial charge in [0.1, 0.15) is 5.75 Å². The molecule has 0 saturated heterocycles. The van der Waals surface area contributed by atoms with Crippen LogP contribution in [0.4, 0.5) is 11.4 Å². The minimum Gasteiger partial charge on any atom is -0.495 e. The van der Waals surface area contributed by atoms with E-state index in [-0.39, 0.29) is 45.7 Å². The molecule has 0 aromatic heterocycles. The van der Waals surface area contributed by atoms with Gasteiger partial charge in [-0.1, -0.05) is 74.4 Å². The number of sulfonamides is 2. The van der Waals surface area contributed by atoms with Crippen LogP contribution in [0.25, 0.3) is 0 Å². The van der Waals surface area contributed by atoms with Crippen LogP contribution in [0.3, 0.4) is 0 Å². The highest BCUT2D eigenvalue weighted by atomic mass is 32.2. The fourth-order valence-electron chi connectivity index (χ4n) is 4.64. The Balaban J connectivity index is 2.20. The van der Waals surface area contributed by atoms with E-state index in [1.807, 2.05) is 39.8 Å². The molecule has 2 N–H and O–H groups in total. The van der Waals surface area contributed by atoms with Crippen LogP contribution >= 0.6 is 0 Å². The first kappa shape index (κ1) is 36.7. The average Bonchev–Trinajstić information content (AvgIpc) is 2.92. The molecule has 0 fully saturated rings. The molecule has 0 atom stereocenters. The molecule has 3 rings (SSSR count). The Morgan fingerprint density at radius 2 is 1.46 bits per heavy atom. The third kappa shape index (κ3) is 9.16. The molecule has 46 heavy (non-hydrogen) atoms. The number of hydrogen-bond donors (Lipinski definition) is 2. The van der Waals surface area contributed by atoms with Crippen molar-refractivity contribution in [3.05, 3.63) is 70.9 Å². The number of aliphatic imine (C=N–C) groups is 1. The van der Waals surface area contributed by atoms with Gasteiger partial charge in [-0.2, -0.15) is 12.8 Å². The highest BCUT2D eigenvalue weighted by Crippen LogP contribution is 2.36. The zero-order valence-corrected chi connectivity index (χ0v) is 30.1. The molecule has 0 aliphatic heterocycles. The first-order valence-electron chi connectivity index (χ1n) is 15.1. The lowest BCUT2D eigenvalue weighted by molar-refractivity contribution is -0.127. The Morgan fingerprint density at radius 3 is 1.93 bits per heavy atom. The normalized spacial score (nSPS) is 16.0. The molecule has 0 bridgehead atoms. The Morgan fingerprint density at radius 1 is 0.870 bits per heavy atom. The van der Waals surface area contributed by atoms with Crippen LogP contribution in [-0.4, -0.2) is 47.5 Å². The van der Waals surface area contributed by atoms with Crippen molar-refractivity contribution in [2.75, 3.05) is 18.1 Å². The van der Waals surface area contributed by atoms with Gasteiger partial charge in [0.05, 0.1) is 46.8 Å². The van der Waals surface area contributed by atoms with E-state index in [1.54, 1.807) is 39.0 Å². The van der Waals surface area contributed by atoms with Crippen molar-refractivity contribution < 1.29 is 26.4 Å². The molecule has 0 saturated carbocycles. The Kier molecular flexibility index (Phi) is 11.1. The van der Waals surface area contributed by atoms with Crippen LogP contribution in [0, 0.1) is 5.41 Å². The number of ether oxygens (including phenoxy) is 1. The second kappa shape index (κ2) is 13.9. The molecule has 0 heterocycles. The van der Waals surface area contributed by atoms with Crippen molar-refractivity contribution in [2.45, 2.75) is 85.0 Å². The van der Waals surface area contributed by atoms with Crippen LogP contribution in [-0.2, 0) is 24.8 Å². The molecule has 0 unspecified atom stereocenters. The van der Waals surface area contributed by atoms with Gasteiger partial charge in [-0.3, -0.25) is 9.52 Å². The Labute approximate surface area is 274 Å². The SMILES string of the molecule is COc1ccc(N=C2C=CC(=NS(=O)(=O)c3c(C(C)C)cc(C(C)C)cc3C(C)C)C=C2NC(=O)C(C)(C)C)cc1NS(C)(=O)=O. The van der Waals surface area contributed by atoms with E-state index in [2.05, 4.69) is 33.3 Å². The molecular formula is C34H46N4O6S2. The number of anilines is 1. The van der Waals surface area contributed by atoms with E-state index in [0.717, 1.165) is 11.8 Å². The van der Waals surface area contributed by atoms with E-state index >= 15 is 0 Å². The molecule has 0 radical (unpaired) electrons. The van der Waals surface area contributed by atoms with Gasteiger partial charge in [-0.15, -0.1) is 0 Å². The maximum absolute atomic E-state index is 14.1. The summed E-state index contributed by atoms with van der Waals surface area (Å²) in [6.45, 7) is 17.3. The Bertz CT molecular complexity index is 1810. The summed E-state index contributed by atoms with van der Waals surface area (Å²) in [4.78, 5) is 17.9. The number of amides is 1. The topological polar surface area (TPSA) is 143 Å². The van der Waals surface area contributed by atoms with Crippen LogP contribution in [0.2, 0.25) is 0 Å². The third-order valence-corrected chi connectivity index (χ3v) is 9.23. The number of nitrogens with one attached hydrogen (secondary N) is 2. The Hall–Kier alpha value is -3.77. The van der Waals surface area contributed by atoms with Gasteiger partial charge in [0, 0.05) is 5.41 Å². The van der Waals surface area contributed by atoms with E-state index in [1.165, 1.54) is 25.3 Å². The molecular weight excluding hydrogens is 625 g/mol. The first-order chi connectivity index (χ1) is 21.1. The number of allylic oxidation sites excluding steroid dienone is 3. The van der Waals surface area contributed by atoms with E-state index < -0.39 is 25.5 Å². The number of methoxy groups -OCH3 is 1. The standard InChI is InChI=1S/C34H46N4O6S2/c1-20(2)23-16-26(21(3)4)32(27(17-23)22(5)6)46(42,43)37-25-12-14-28(29(19-25)36-33(39)34(7,8)9)35-24-13-15-31(44-10)30(18-24)38-45(11,40)41/h12-22,38H,1-11H3,(H,36,39). The van der Waals surface area contributed by atoms with Gasteiger partial charge in [-0.25, -0.2) is 13.4 Å². The molecule has 0 spiro atoms. The van der Waals surface area contributed by atoms with Crippen LogP contribution in [0.5, 0.6) is 5.75 Å². The second-order valence-electron chi connectivity index (χ2n) is 13.3. The minimum absolute atomic E-state index is 0.0643. The number of nitrogens with zero attached hydrogens (tertiary/aromatic N) is 2. The van der Waals surface area contributed by atoms with Crippen molar-refractivity contribution in [1.29, 1.82) is 0 Å². The van der Waals surface area contributed by atoms with E-state index in [0.29, 0.717) is 28.3 Å². The molecule has 10 nitrogen and oxygen atoms in total. The summed E-state index contributed by atoms with van der Waals surface area (Å²) in [5, 5.41) is 2.87. The van der Waals surface area contributed by atoms with E-state index in [9.17, 15) is 21.6 Å². The van der Waals surface area contributed by atoms with E-state index in [4.69, 9.17) is 4.74 Å². The second-order valence-corrected chi connectivity index (χ2v) is 16.6. The summed E-state index contributed by atoms with van der Waals surface area (Å²) in [5.41, 5.74) is 2.96. The van der Waals surface area contributed by atoms with Crippen molar-refractivity contribution in [1.82, 2.24) is 5.32 Å². The predicted molar refractivity (Wildman–Crippen MR) is 187 cm³/mol. The lowest BCUT2D eigenvalue weighted by Gasteiger charge is -2.22. The summed E-state index contributed by atoms with van der Waals surface area (Å²) in [6.07, 6.45) is 5.59. The minimum atomic E-state index is -4.18. The van der Waals surface area contributed by atoms with Crippen LogP contribution in [0.15, 0.2) is 68.5 Å². The zero-order chi connectivity index (χ0) is 34.8. The van der Waals surface area contributed by atoms with Gasteiger partial charge in [-0.05, 0) is 70.9 Å². The summed E-state index contributed by atoms with van der Waals surface area (Å²) in [6, 6.07) is 8.62. The first-order valence-corrected chi connectivity index (χ1v) is 18.4. The van der Waals surface area contributed by atoms with Crippen LogP contribution < -0.4 is 14.8 Å². The van der Waals surface area contributed by atoms with Crippen molar-refractivity contribution in [3.63, 3.8) is 0 Å². The summed E-state index contributed by atoms with van der Waals surface area (Å²) in [7, 11) is -6.37. The molecule has 12 heteroatoms. The molecule has 2 aromatic carbocycles. The van der Waals surface area contributed by atoms with Gasteiger partial charge < -0.3 is 10.1 Å². The molecule has 1 amide bonds. The van der Waals surface area contributed by atoms with Crippen molar-refractivity contribution in [2.24, 2.45) is 14.8 Å². The monoisotopic (exact) mass is 670 g/mol. The molecule has 1 aliphatic rings. The fourth-order valence-corrected chi connectivity index (χ4v) is 6.87. The number of carbonyl (C=O) groups is 1. The third-order valence-electron chi connectivity index (χ3n) is 7.20. The lowest BCUT2D eigenvalue weighted by Crippen LogP contribution is -2.37. The number of rotatable bonds is 10. The maximum atomic E-state index is 14.1. The quantitative estimate of drug-likeness (QED) is 0.262. The van der Waals surface area contributed by atoms with Gasteiger partial charge in [0.15, 0.2) is 0 Å².